The van der Waals surface area contributed by atoms with Crippen molar-refractivity contribution >= 4 is 24.7 Å². The Morgan fingerprint density at radius 3 is 2.00 bits per heavy atom. The van der Waals surface area contributed by atoms with Gasteiger partial charge in [-0.15, -0.1) is 0 Å². The number of carbonyl (C=O) groups is 1. The van der Waals surface area contributed by atoms with Gasteiger partial charge in [0, 0.05) is 18.4 Å². The first-order valence-electron chi connectivity index (χ1n) is 11.3. The second-order valence-electron chi connectivity index (χ2n) is 9.08. The highest BCUT2D eigenvalue weighted by Crippen LogP contribution is 2.36. The quantitative estimate of drug-likeness (QED) is 0.195. The predicted octanol–water partition coefficient (Wildman–Crippen LogP) is 5.04. The van der Waals surface area contributed by atoms with Gasteiger partial charge in [-0.1, -0.05) is 93.6 Å². The van der Waals surface area contributed by atoms with Gasteiger partial charge in [0.25, 0.3) is 8.32 Å². The number of nitrogens with zero attached hydrogens (tertiary/aromatic N) is 1. The summed E-state index contributed by atoms with van der Waals surface area (Å²) in [6.45, 7) is 9.25. The van der Waals surface area contributed by atoms with Crippen molar-refractivity contribution in [3.05, 3.63) is 102 Å². The largest absolute Gasteiger partial charge is 0.456 e. The first-order chi connectivity index (χ1) is 15.8. The summed E-state index contributed by atoms with van der Waals surface area (Å²) < 4.78 is 12.2. The van der Waals surface area contributed by atoms with Gasteiger partial charge in [-0.2, -0.15) is 0 Å². The van der Waals surface area contributed by atoms with Crippen LogP contribution in [-0.4, -0.2) is 25.9 Å². The molecule has 4 nitrogen and oxygen atoms in total. The average Bonchev–Trinajstić information content (AvgIpc) is 2.83. The molecule has 0 N–H and O–H groups in total. The van der Waals surface area contributed by atoms with Crippen LogP contribution in [0.5, 0.6) is 0 Å². The number of hydrogen-bond acceptors (Lipinski definition) is 4. The van der Waals surface area contributed by atoms with Crippen molar-refractivity contribution in [1.29, 1.82) is 0 Å². The minimum absolute atomic E-state index is 0.0733. The van der Waals surface area contributed by atoms with Gasteiger partial charge in [0.05, 0.1) is 5.69 Å². The van der Waals surface area contributed by atoms with E-state index in [4.69, 9.17) is 9.16 Å². The predicted molar refractivity (Wildman–Crippen MR) is 136 cm³/mol. The molecule has 0 spiro atoms. The van der Waals surface area contributed by atoms with Crippen LogP contribution in [0.3, 0.4) is 0 Å². The smallest absolute Gasteiger partial charge is 0.333 e. The normalized spacial score (nSPS) is 12.4. The van der Waals surface area contributed by atoms with Crippen LogP contribution in [0.2, 0.25) is 5.04 Å². The van der Waals surface area contributed by atoms with E-state index in [1.807, 2.05) is 36.4 Å². The van der Waals surface area contributed by atoms with Crippen LogP contribution in [0.1, 0.15) is 39.8 Å². The van der Waals surface area contributed by atoms with Crippen LogP contribution >= 0.6 is 0 Å². The molecular formula is C28H33NO3Si. The van der Waals surface area contributed by atoms with Crippen LogP contribution in [0.25, 0.3) is 0 Å². The van der Waals surface area contributed by atoms with Crippen molar-refractivity contribution in [2.75, 3.05) is 6.61 Å². The standard InChI is InChI=1S/C28H33NO3Si/c1-23(27(30)31-22-24-15-11-12-20-29-24)14-13-21-32-33(28(2,3)4,25-16-7-5-8-17-25)26-18-9-6-10-19-26/h5-12,14-20H,13,21-22H2,1-4H3/b23-14+. The summed E-state index contributed by atoms with van der Waals surface area (Å²) in [5.41, 5.74) is 1.31. The topological polar surface area (TPSA) is 48.4 Å². The van der Waals surface area contributed by atoms with Gasteiger partial charge in [-0.25, -0.2) is 4.79 Å². The van der Waals surface area contributed by atoms with Crippen molar-refractivity contribution in [2.24, 2.45) is 0 Å². The Morgan fingerprint density at radius 2 is 1.48 bits per heavy atom. The lowest BCUT2D eigenvalue weighted by Crippen LogP contribution is -2.66. The fraction of sp³-hybridized carbons (Fsp3) is 0.286. The first-order valence-corrected chi connectivity index (χ1v) is 13.2. The zero-order valence-electron chi connectivity index (χ0n) is 20.0. The van der Waals surface area contributed by atoms with E-state index in [-0.39, 0.29) is 17.6 Å². The zero-order valence-corrected chi connectivity index (χ0v) is 21.0. The number of benzene rings is 2. The third-order valence-electron chi connectivity index (χ3n) is 5.70. The summed E-state index contributed by atoms with van der Waals surface area (Å²) >= 11 is 0. The number of rotatable bonds is 9. The number of hydrogen-bond donors (Lipinski definition) is 0. The average molecular weight is 460 g/mol. The van der Waals surface area contributed by atoms with Gasteiger partial charge in [0.15, 0.2) is 0 Å². The molecule has 0 radical (unpaired) electrons. The van der Waals surface area contributed by atoms with E-state index in [0.29, 0.717) is 18.6 Å². The van der Waals surface area contributed by atoms with Crippen LogP contribution < -0.4 is 10.4 Å². The maximum absolute atomic E-state index is 12.4. The van der Waals surface area contributed by atoms with Crippen molar-refractivity contribution in [2.45, 2.75) is 45.8 Å². The first kappa shape index (κ1) is 24.6. The van der Waals surface area contributed by atoms with Gasteiger partial charge in [-0.05, 0) is 40.9 Å². The minimum Gasteiger partial charge on any atom is -0.456 e. The molecule has 0 fully saturated rings. The Morgan fingerprint density at radius 1 is 0.909 bits per heavy atom. The number of aromatic nitrogens is 1. The van der Waals surface area contributed by atoms with Gasteiger partial charge >= 0.3 is 5.97 Å². The molecule has 3 rings (SSSR count). The van der Waals surface area contributed by atoms with Crippen LogP contribution in [0, 0.1) is 0 Å². The van der Waals surface area contributed by atoms with Crippen molar-refractivity contribution < 1.29 is 14.0 Å². The molecule has 0 saturated heterocycles. The molecule has 0 bridgehead atoms. The molecule has 172 valence electrons. The van der Waals surface area contributed by atoms with E-state index in [1.54, 1.807) is 13.1 Å². The van der Waals surface area contributed by atoms with Gasteiger partial charge in [0.2, 0.25) is 0 Å². The SMILES string of the molecule is C/C(=C\CCO[Si](c1ccccc1)(c1ccccc1)C(C)(C)C)C(=O)OCc1ccccn1. The highest BCUT2D eigenvalue weighted by molar-refractivity contribution is 6.99. The molecule has 0 amide bonds. The van der Waals surface area contributed by atoms with E-state index in [0.717, 1.165) is 5.69 Å². The Labute approximate surface area is 198 Å². The molecule has 5 heteroatoms. The monoisotopic (exact) mass is 459 g/mol. The number of pyridine rings is 1. The fourth-order valence-corrected chi connectivity index (χ4v) is 8.65. The summed E-state index contributed by atoms with van der Waals surface area (Å²) in [7, 11) is -2.56. The number of carbonyl (C=O) groups excluding carboxylic acids is 1. The Hall–Kier alpha value is -3.02. The molecular weight excluding hydrogens is 426 g/mol. The second-order valence-corrected chi connectivity index (χ2v) is 13.4. The molecule has 3 aromatic rings. The van der Waals surface area contributed by atoms with E-state index in [2.05, 4.69) is 74.3 Å². The lowest BCUT2D eigenvalue weighted by atomic mass is 10.2. The Balaban J connectivity index is 1.73. The second kappa shape index (κ2) is 11.2. The van der Waals surface area contributed by atoms with Crippen LogP contribution in [0.15, 0.2) is 96.7 Å². The molecule has 33 heavy (non-hydrogen) atoms. The lowest BCUT2D eigenvalue weighted by Gasteiger charge is -2.43. The van der Waals surface area contributed by atoms with Gasteiger partial charge in [0.1, 0.15) is 6.61 Å². The molecule has 0 aliphatic rings. The molecule has 0 aliphatic heterocycles. The summed E-state index contributed by atoms with van der Waals surface area (Å²) in [6.07, 6.45) is 4.22. The maximum atomic E-state index is 12.4. The summed E-state index contributed by atoms with van der Waals surface area (Å²) in [4.78, 5) is 16.5. The lowest BCUT2D eigenvalue weighted by molar-refractivity contribution is -0.140. The van der Waals surface area contributed by atoms with Gasteiger partial charge < -0.3 is 9.16 Å². The third kappa shape index (κ3) is 6.06. The van der Waals surface area contributed by atoms with Crippen molar-refractivity contribution in [3.8, 4) is 0 Å². The molecule has 1 heterocycles. The highest BCUT2D eigenvalue weighted by Gasteiger charge is 2.49. The Bertz CT molecular complexity index is 1010. The molecule has 1 aromatic heterocycles. The van der Waals surface area contributed by atoms with Crippen LogP contribution in [-0.2, 0) is 20.6 Å². The maximum Gasteiger partial charge on any atom is 0.333 e. The van der Waals surface area contributed by atoms with E-state index in [9.17, 15) is 4.79 Å². The van der Waals surface area contributed by atoms with E-state index < -0.39 is 8.32 Å². The summed E-state index contributed by atoms with van der Waals surface area (Å²) in [6, 6.07) is 26.7. The molecule has 0 aliphatic carbocycles. The zero-order chi connectivity index (χ0) is 23.7. The number of ether oxygens (including phenoxy) is 1. The summed E-state index contributed by atoms with van der Waals surface area (Å²) in [5, 5.41) is 2.43. The molecule has 0 unspecified atom stereocenters. The van der Waals surface area contributed by atoms with E-state index >= 15 is 0 Å². The van der Waals surface area contributed by atoms with E-state index in [1.165, 1.54) is 10.4 Å². The van der Waals surface area contributed by atoms with Crippen LogP contribution in [0.4, 0.5) is 0 Å². The minimum atomic E-state index is -2.56. The fourth-order valence-electron chi connectivity index (χ4n) is 4.07. The number of esters is 1. The Kier molecular flexibility index (Phi) is 8.36. The van der Waals surface area contributed by atoms with Crippen molar-refractivity contribution in [3.63, 3.8) is 0 Å². The summed E-state index contributed by atoms with van der Waals surface area (Å²) in [5.74, 6) is -0.328. The molecule has 0 atom stereocenters. The van der Waals surface area contributed by atoms with Crippen molar-refractivity contribution in [1.82, 2.24) is 4.98 Å². The highest BCUT2D eigenvalue weighted by atomic mass is 28.4. The molecule has 2 aromatic carbocycles. The van der Waals surface area contributed by atoms with Gasteiger partial charge in [-0.3, -0.25) is 4.98 Å². The third-order valence-corrected chi connectivity index (χ3v) is 10.7. The molecule has 0 saturated carbocycles.